The molecule has 1 unspecified atom stereocenters. The van der Waals surface area contributed by atoms with E-state index >= 15 is 0 Å². The summed E-state index contributed by atoms with van der Waals surface area (Å²) in [5.74, 6) is -3.32. The summed E-state index contributed by atoms with van der Waals surface area (Å²) >= 11 is 1.46. The van der Waals surface area contributed by atoms with E-state index in [-0.39, 0.29) is 24.8 Å². The Bertz CT molecular complexity index is 1200. The topological polar surface area (TPSA) is 109 Å². The van der Waals surface area contributed by atoms with Crippen LogP contribution in [0.25, 0.3) is 0 Å². The molecule has 7 nitrogen and oxygen atoms in total. The summed E-state index contributed by atoms with van der Waals surface area (Å²) in [6, 6.07) is 2.85. The molecule has 0 spiro atoms. The van der Waals surface area contributed by atoms with Crippen LogP contribution in [0, 0.1) is 29.9 Å². The molecule has 2 aliphatic rings. The van der Waals surface area contributed by atoms with Crippen molar-refractivity contribution in [3.8, 4) is 0 Å². The summed E-state index contributed by atoms with van der Waals surface area (Å²) in [5.41, 5.74) is 6.08. The van der Waals surface area contributed by atoms with Gasteiger partial charge in [0.15, 0.2) is 0 Å². The van der Waals surface area contributed by atoms with Gasteiger partial charge in [-0.2, -0.15) is 0 Å². The number of nitrogens with one attached hydrogen (secondary N) is 1. The number of aryl methyl sites for hydroxylation is 1. The number of carbonyl (C=O) groups excluding carboxylic acids is 2. The Morgan fingerprint density at radius 2 is 2.05 bits per heavy atom. The second kappa shape index (κ2) is 11.2. The van der Waals surface area contributed by atoms with Crippen LogP contribution in [0.15, 0.2) is 47.4 Å². The van der Waals surface area contributed by atoms with Crippen LogP contribution in [0.3, 0.4) is 0 Å². The van der Waals surface area contributed by atoms with Gasteiger partial charge in [-0.1, -0.05) is 18.2 Å². The van der Waals surface area contributed by atoms with Gasteiger partial charge in [0.2, 0.25) is 11.8 Å². The molecule has 1 fully saturated rings. The highest BCUT2D eigenvalue weighted by atomic mass is 32.1. The first-order valence-electron chi connectivity index (χ1n) is 12.3. The van der Waals surface area contributed by atoms with Crippen molar-refractivity contribution in [1.82, 2.24) is 15.2 Å². The van der Waals surface area contributed by atoms with Crippen molar-refractivity contribution in [1.29, 1.82) is 0 Å². The number of hydrogen-bond donors (Lipinski definition) is 3. The third-order valence-corrected chi connectivity index (χ3v) is 8.21. The van der Waals surface area contributed by atoms with Gasteiger partial charge in [-0.3, -0.25) is 9.59 Å². The highest BCUT2D eigenvalue weighted by molar-refractivity contribution is 7.09. The molecule has 4 N–H and O–H groups in total. The average Bonchev–Trinajstić information content (AvgIpc) is 3.53. The molecule has 1 aromatic heterocycles. The van der Waals surface area contributed by atoms with Gasteiger partial charge in [-0.25, -0.2) is 13.8 Å². The number of aliphatic hydroxyl groups excluding tert-OH is 1. The highest BCUT2D eigenvalue weighted by Crippen LogP contribution is 2.44. The van der Waals surface area contributed by atoms with Crippen molar-refractivity contribution in [2.45, 2.75) is 51.3 Å². The largest absolute Gasteiger partial charge is 0.391 e. The van der Waals surface area contributed by atoms with E-state index in [1.807, 2.05) is 12.3 Å². The lowest BCUT2D eigenvalue weighted by Gasteiger charge is -2.42. The summed E-state index contributed by atoms with van der Waals surface area (Å²) < 4.78 is 28.1. The predicted octanol–water partition coefficient (Wildman–Crippen LogP) is 3.02. The van der Waals surface area contributed by atoms with Crippen molar-refractivity contribution in [2.24, 2.45) is 17.1 Å². The zero-order valence-corrected chi connectivity index (χ0v) is 21.7. The number of thiazole rings is 1. The van der Waals surface area contributed by atoms with Crippen molar-refractivity contribution < 1.29 is 23.5 Å². The minimum absolute atomic E-state index is 0.00297. The molecule has 1 saturated heterocycles. The zero-order valence-electron chi connectivity index (χ0n) is 20.9. The Hall–Kier alpha value is -2.95. The predicted molar refractivity (Wildman–Crippen MR) is 137 cm³/mol. The number of benzene rings is 1. The standard InChI is InChI=1S/C27H32F2N4O3S/c1-16-15-37-23(32-16)14-33(2)25(35)18-5-3-7-27(13-18,26(30)36)21(24(34)22-6-4-8-31-22)11-17-9-19(28)12-20(29)10-17/h3,5,7,9-10,12,15,21-22,24,31,34H,4,6,8,11,13-14H2,1-2H3,(H2,30,36)/t21-,22-,24-,27?/m1/s1. The SMILES string of the molecule is Cc1csc(CN(C)C(=O)C2=CC=CC(C(N)=O)([C@H](Cc3cc(F)cc(F)c3)[C@@H](O)[C@H]3CCCN3)C2)n1. The molecular weight excluding hydrogens is 498 g/mol. The van der Waals surface area contributed by atoms with Crippen molar-refractivity contribution >= 4 is 23.2 Å². The van der Waals surface area contributed by atoms with E-state index < -0.39 is 35.0 Å². The average molecular weight is 531 g/mol. The van der Waals surface area contributed by atoms with Crippen LogP contribution in [0.2, 0.25) is 0 Å². The Balaban J connectivity index is 1.65. The van der Waals surface area contributed by atoms with Crippen molar-refractivity contribution in [2.75, 3.05) is 13.6 Å². The van der Waals surface area contributed by atoms with Gasteiger partial charge in [0.05, 0.1) is 18.1 Å². The second-order valence-corrected chi connectivity index (χ2v) is 10.9. The van der Waals surface area contributed by atoms with E-state index in [1.165, 1.54) is 28.4 Å². The Kier molecular flexibility index (Phi) is 8.20. The molecule has 1 aliphatic heterocycles. The summed E-state index contributed by atoms with van der Waals surface area (Å²) in [6.07, 6.45) is 5.33. The van der Waals surface area contributed by atoms with Crippen LogP contribution in [0.1, 0.15) is 35.5 Å². The fourth-order valence-corrected chi connectivity index (χ4v) is 6.22. The Morgan fingerprint density at radius 1 is 1.32 bits per heavy atom. The molecule has 1 aromatic carbocycles. The zero-order chi connectivity index (χ0) is 26.7. The van der Waals surface area contributed by atoms with E-state index in [4.69, 9.17) is 5.73 Å². The monoisotopic (exact) mass is 530 g/mol. The lowest BCUT2D eigenvalue weighted by molar-refractivity contribution is -0.132. The number of hydrogen-bond acceptors (Lipinski definition) is 6. The quantitative estimate of drug-likeness (QED) is 0.462. The van der Waals surface area contributed by atoms with Gasteiger partial charge < -0.3 is 21.1 Å². The molecule has 198 valence electrons. The lowest BCUT2D eigenvalue weighted by Crippen LogP contribution is -2.53. The Morgan fingerprint density at radius 3 is 2.65 bits per heavy atom. The van der Waals surface area contributed by atoms with Gasteiger partial charge >= 0.3 is 0 Å². The van der Waals surface area contributed by atoms with Crippen LogP contribution in [0.5, 0.6) is 0 Å². The number of aliphatic hydroxyl groups is 1. The van der Waals surface area contributed by atoms with Crippen LogP contribution in [0.4, 0.5) is 8.78 Å². The number of nitrogens with zero attached hydrogens (tertiary/aromatic N) is 2. The molecule has 1 aliphatic carbocycles. The first-order valence-corrected chi connectivity index (χ1v) is 13.2. The molecule has 2 aromatic rings. The molecule has 0 saturated carbocycles. The molecule has 10 heteroatoms. The first kappa shape index (κ1) is 27.1. The normalized spacial score (nSPS) is 22.9. The van der Waals surface area contributed by atoms with Gasteiger partial charge in [0.1, 0.15) is 16.6 Å². The van der Waals surface area contributed by atoms with Gasteiger partial charge in [0.25, 0.3) is 0 Å². The first-order chi connectivity index (χ1) is 17.6. The van der Waals surface area contributed by atoms with Crippen LogP contribution in [-0.2, 0) is 22.6 Å². The molecule has 2 amide bonds. The third-order valence-electron chi connectivity index (χ3n) is 7.26. The molecule has 4 rings (SSSR count). The molecule has 4 atom stereocenters. The maximum Gasteiger partial charge on any atom is 0.249 e. The van der Waals surface area contributed by atoms with E-state index in [1.54, 1.807) is 25.3 Å². The summed E-state index contributed by atoms with van der Waals surface area (Å²) in [7, 11) is 1.66. The van der Waals surface area contributed by atoms with Gasteiger partial charge in [0, 0.05) is 41.7 Å². The summed E-state index contributed by atoms with van der Waals surface area (Å²) in [6.45, 7) is 2.91. The van der Waals surface area contributed by atoms with Crippen LogP contribution < -0.4 is 11.1 Å². The maximum absolute atomic E-state index is 14.0. The molecule has 2 heterocycles. The number of nitrogens with two attached hydrogens (primary N) is 1. The number of allylic oxidation sites excluding steroid dienone is 2. The van der Waals surface area contributed by atoms with Crippen molar-refractivity contribution in [3.05, 3.63) is 75.3 Å². The lowest BCUT2D eigenvalue weighted by atomic mass is 9.63. The minimum atomic E-state index is -1.44. The number of aromatic nitrogens is 1. The van der Waals surface area contributed by atoms with Crippen LogP contribution >= 0.6 is 11.3 Å². The number of primary amides is 1. The third kappa shape index (κ3) is 5.97. The van der Waals surface area contributed by atoms with Crippen LogP contribution in [-0.4, -0.2) is 52.5 Å². The Labute approximate surface area is 219 Å². The van der Waals surface area contributed by atoms with E-state index in [0.29, 0.717) is 30.6 Å². The number of likely N-dealkylation sites (N-methyl/N-ethyl adjacent to an activating group) is 1. The number of halogens is 2. The summed E-state index contributed by atoms with van der Waals surface area (Å²) in [4.78, 5) is 32.5. The molecule has 37 heavy (non-hydrogen) atoms. The highest BCUT2D eigenvalue weighted by Gasteiger charge is 2.49. The molecule has 0 bridgehead atoms. The van der Waals surface area contributed by atoms with Crippen molar-refractivity contribution in [3.63, 3.8) is 0 Å². The van der Waals surface area contributed by atoms with E-state index in [0.717, 1.165) is 23.2 Å². The van der Waals surface area contributed by atoms with Gasteiger partial charge in [-0.05, 0) is 56.8 Å². The smallest absolute Gasteiger partial charge is 0.249 e. The van der Waals surface area contributed by atoms with E-state index in [9.17, 15) is 23.5 Å². The molecule has 0 radical (unpaired) electrons. The number of carbonyl (C=O) groups is 2. The van der Waals surface area contributed by atoms with E-state index in [2.05, 4.69) is 10.3 Å². The number of rotatable bonds is 9. The second-order valence-electron chi connectivity index (χ2n) is 9.96. The number of amides is 2. The summed E-state index contributed by atoms with van der Waals surface area (Å²) in [5, 5.41) is 17.4. The fraction of sp³-hybridized carbons (Fsp3) is 0.444. The maximum atomic E-state index is 14.0. The van der Waals surface area contributed by atoms with Gasteiger partial charge in [-0.15, -0.1) is 11.3 Å². The minimum Gasteiger partial charge on any atom is -0.391 e. The molecular formula is C27H32F2N4O3S. The fourth-order valence-electron chi connectivity index (χ4n) is 5.39.